The largest absolute Gasteiger partial charge is 0.486 e. The molecule has 5 aromatic carbocycles. The molecular weight excluding hydrogens is 739 g/mol. The summed E-state index contributed by atoms with van der Waals surface area (Å²) in [5.74, 6) is 2.00. The van der Waals surface area contributed by atoms with Crippen LogP contribution < -0.4 is 35.0 Å². The van der Waals surface area contributed by atoms with Crippen molar-refractivity contribution in [3.63, 3.8) is 0 Å². The third-order valence-electron chi connectivity index (χ3n) is 13.1. The monoisotopic (exact) mass is 800 g/mol. The zero-order chi connectivity index (χ0) is 42.2. The molecule has 1 aromatic heterocycles. The molecule has 9 rings (SSSR count). The van der Waals surface area contributed by atoms with Gasteiger partial charge in [0.1, 0.15) is 13.2 Å². The van der Waals surface area contributed by atoms with E-state index in [1.807, 2.05) is 11.3 Å². The van der Waals surface area contributed by atoms with Gasteiger partial charge in [-0.1, -0.05) is 106 Å². The molecule has 4 nitrogen and oxygen atoms in total. The smallest absolute Gasteiger partial charge is 0.264 e. The Morgan fingerprint density at radius 3 is 1.80 bits per heavy atom. The summed E-state index contributed by atoms with van der Waals surface area (Å²) in [7, 11) is 0. The van der Waals surface area contributed by atoms with Crippen LogP contribution in [0.5, 0.6) is 11.5 Å². The van der Waals surface area contributed by atoms with Crippen molar-refractivity contribution < 1.29 is 9.47 Å². The Kier molecular flexibility index (Phi) is 9.04. The van der Waals surface area contributed by atoms with Crippen molar-refractivity contribution in [2.24, 2.45) is 0 Å². The molecule has 0 fully saturated rings. The lowest BCUT2D eigenvalue weighted by molar-refractivity contribution is 0.170. The van der Waals surface area contributed by atoms with Gasteiger partial charge in [0.05, 0.1) is 17.1 Å². The standard InChI is InChI=1S/C53H61BN2O2S/c1-29(2)34-25-41-45-42(26-34)56(46-30(3)22-37(23-31(46)4)53(13,14)15)48-38-27-35(51(7,8)9)17-19-44(38)59-50(48)54(45)39-28-36(52(10,11)12)16-18-40(39)55(41)47-32(5)24-43-49(33(47)6)58-21-20-57-43/h16-19,22-29H,20-21H2,1-15H3. The molecular formula is C53H61BN2O2S. The van der Waals surface area contributed by atoms with Crippen LogP contribution in [-0.4, -0.2) is 19.9 Å². The predicted octanol–water partition coefficient (Wildman–Crippen LogP) is 13.0. The number of benzene rings is 5. The molecule has 0 spiro atoms. The summed E-state index contributed by atoms with van der Waals surface area (Å²) in [5, 5.41) is 1.34. The summed E-state index contributed by atoms with van der Waals surface area (Å²) in [5.41, 5.74) is 20.6. The van der Waals surface area contributed by atoms with Crippen molar-refractivity contribution in [2.45, 2.75) is 126 Å². The van der Waals surface area contributed by atoms with Crippen LogP contribution in [0.15, 0.2) is 66.7 Å². The second-order valence-electron chi connectivity index (χ2n) is 20.9. The molecule has 3 aliphatic heterocycles. The maximum absolute atomic E-state index is 6.41. The van der Waals surface area contributed by atoms with E-state index in [1.165, 1.54) is 98.9 Å². The van der Waals surface area contributed by atoms with E-state index >= 15 is 0 Å². The lowest BCUT2D eigenvalue weighted by Crippen LogP contribution is -2.60. The average Bonchev–Trinajstić information content (AvgIpc) is 3.53. The third kappa shape index (κ3) is 6.22. The number of fused-ring (bicyclic) bond motifs is 7. The van der Waals surface area contributed by atoms with E-state index < -0.39 is 0 Å². The van der Waals surface area contributed by atoms with Gasteiger partial charge in [0.25, 0.3) is 6.71 Å². The fourth-order valence-electron chi connectivity index (χ4n) is 9.83. The minimum absolute atomic E-state index is 0.0114. The van der Waals surface area contributed by atoms with Crippen LogP contribution in [0.25, 0.3) is 10.1 Å². The summed E-state index contributed by atoms with van der Waals surface area (Å²) in [6.45, 7) is 36.0. The van der Waals surface area contributed by atoms with E-state index in [0.717, 1.165) is 17.1 Å². The van der Waals surface area contributed by atoms with Crippen molar-refractivity contribution in [3.8, 4) is 11.5 Å². The number of hydrogen-bond acceptors (Lipinski definition) is 5. The molecule has 0 aliphatic carbocycles. The molecule has 304 valence electrons. The minimum atomic E-state index is -0.0262. The summed E-state index contributed by atoms with van der Waals surface area (Å²) >= 11 is 1.99. The summed E-state index contributed by atoms with van der Waals surface area (Å²) in [4.78, 5) is 5.28. The van der Waals surface area contributed by atoms with Crippen LogP contribution in [0, 0.1) is 27.7 Å². The van der Waals surface area contributed by atoms with E-state index in [4.69, 9.17) is 9.47 Å². The number of anilines is 6. The molecule has 0 N–H and O–H groups in total. The second kappa shape index (κ2) is 13.4. The quantitative estimate of drug-likeness (QED) is 0.166. The molecule has 59 heavy (non-hydrogen) atoms. The van der Waals surface area contributed by atoms with Crippen LogP contribution in [-0.2, 0) is 16.2 Å². The summed E-state index contributed by atoms with van der Waals surface area (Å²) in [6, 6.07) is 26.7. The molecule has 6 heteroatoms. The highest BCUT2D eigenvalue weighted by molar-refractivity contribution is 7.33. The summed E-state index contributed by atoms with van der Waals surface area (Å²) < 4.78 is 15.4. The Morgan fingerprint density at radius 2 is 1.17 bits per heavy atom. The Labute approximate surface area is 357 Å². The molecule has 4 heterocycles. The molecule has 0 bridgehead atoms. The van der Waals surface area contributed by atoms with Gasteiger partial charge in [-0.3, -0.25) is 0 Å². The molecule has 3 aliphatic rings. The molecule has 6 aromatic rings. The third-order valence-corrected chi connectivity index (χ3v) is 14.3. The van der Waals surface area contributed by atoms with Crippen LogP contribution >= 0.6 is 11.3 Å². The number of hydrogen-bond donors (Lipinski definition) is 0. The predicted molar refractivity (Wildman–Crippen MR) is 256 cm³/mol. The van der Waals surface area contributed by atoms with Gasteiger partial charge in [-0.2, -0.15) is 0 Å². The molecule has 0 atom stereocenters. The van der Waals surface area contributed by atoms with Gasteiger partial charge in [-0.05, 0) is 136 Å². The van der Waals surface area contributed by atoms with Crippen molar-refractivity contribution in [2.75, 3.05) is 23.0 Å². The lowest BCUT2D eigenvalue weighted by atomic mass is 9.36. The first-order valence-corrected chi connectivity index (χ1v) is 22.5. The first-order chi connectivity index (χ1) is 27.6. The maximum atomic E-state index is 6.41. The fourth-order valence-corrected chi connectivity index (χ4v) is 11.1. The van der Waals surface area contributed by atoms with Gasteiger partial charge in [0, 0.05) is 37.5 Å². The van der Waals surface area contributed by atoms with Crippen LogP contribution in [0.4, 0.5) is 34.1 Å². The van der Waals surface area contributed by atoms with E-state index in [1.54, 1.807) is 0 Å². The molecule has 0 amide bonds. The number of ether oxygens (including phenoxy) is 2. The molecule has 0 unspecified atom stereocenters. The van der Waals surface area contributed by atoms with Crippen LogP contribution in [0.3, 0.4) is 0 Å². The van der Waals surface area contributed by atoms with Crippen molar-refractivity contribution in [1.29, 1.82) is 0 Å². The first kappa shape index (κ1) is 39.8. The normalized spacial score (nSPS) is 14.9. The first-order valence-electron chi connectivity index (χ1n) is 21.7. The van der Waals surface area contributed by atoms with Gasteiger partial charge >= 0.3 is 0 Å². The van der Waals surface area contributed by atoms with Gasteiger partial charge in [-0.25, -0.2) is 0 Å². The average molecular weight is 801 g/mol. The van der Waals surface area contributed by atoms with Crippen LogP contribution in [0.1, 0.15) is 127 Å². The second-order valence-corrected chi connectivity index (χ2v) is 22.0. The molecule has 0 saturated heterocycles. The Bertz CT molecular complexity index is 2700. The van der Waals surface area contributed by atoms with Crippen molar-refractivity contribution in [1.82, 2.24) is 0 Å². The van der Waals surface area contributed by atoms with Gasteiger partial charge in [-0.15, -0.1) is 11.3 Å². The lowest BCUT2D eigenvalue weighted by Gasteiger charge is -2.45. The fraction of sp³-hybridized carbons (Fsp3) is 0.396. The van der Waals surface area contributed by atoms with Gasteiger partial charge < -0.3 is 19.3 Å². The highest BCUT2D eigenvalue weighted by Crippen LogP contribution is 2.53. The minimum Gasteiger partial charge on any atom is -0.486 e. The SMILES string of the molecule is Cc1cc(C(C)(C)C)cc(C)c1N1c2cc(C(C)C)cc3c2B(c2cc(C(C)(C)C)ccc2N3c2c(C)cc3c(c2C)OCCO3)c2sc3ccc(C(C)(C)C)cc3c21. The topological polar surface area (TPSA) is 24.9 Å². The highest BCUT2D eigenvalue weighted by atomic mass is 32.1. The van der Waals surface area contributed by atoms with Gasteiger partial charge in [0.2, 0.25) is 0 Å². The number of nitrogens with zero attached hydrogens (tertiary/aromatic N) is 2. The molecule has 0 radical (unpaired) electrons. The zero-order valence-corrected chi connectivity index (χ0v) is 38.9. The number of aryl methyl sites for hydroxylation is 3. The van der Waals surface area contributed by atoms with E-state index in [2.05, 4.69) is 180 Å². The van der Waals surface area contributed by atoms with E-state index in [9.17, 15) is 0 Å². The van der Waals surface area contributed by atoms with Crippen molar-refractivity contribution in [3.05, 3.63) is 111 Å². The van der Waals surface area contributed by atoms with E-state index in [-0.39, 0.29) is 23.0 Å². The maximum Gasteiger partial charge on any atom is 0.264 e. The van der Waals surface area contributed by atoms with Crippen molar-refractivity contribution >= 4 is 78.0 Å². The Hall–Kier alpha value is -4.68. The zero-order valence-electron chi connectivity index (χ0n) is 38.0. The number of rotatable bonds is 3. The Balaban J connectivity index is 1.46. The summed E-state index contributed by atoms with van der Waals surface area (Å²) in [6.07, 6.45) is 0. The molecule has 0 saturated carbocycles. The van der Waals surface area contributed by atoms with E-state index in [0.29, 0.717) is 19.1 Å². The van der Waals surface area contributed by atoms with Gasteiger partial charge in [0.15, 0.2) is 11.5 Å². The highest BCUT2D eigenvalue weighted by Gasteiger charge is 2.47. The van der Waals surface area contributed by atoms with Crippen LogP contribution in [0.2, 0.25) is 0 Å². The number of thiophene rings is 1. The Morgan fingerprint density at radius 1 is 0.593 bits per heavy atom.